The minimum atomic E-state index is -0.592. The first-order valence-electron chi connectivity index (χ1n) is 16.4. The van der Waals surface area contributed by atoms with Crippen LogP contribution < -0.4 is 10.6 Å². The highest BCUT2D eigenvalue weighted by molar-refractivity contribution is 7.59. The van der Waals surface area contributed by atoms with Crippen molar-refractivity contribution >= 4 is 78.0 Å². The van der Waals surface area contributed by atoms with Crippen LogP contribution in [0.3, 0.4) is 0 Å². The number of likely N-dealkylation sites (tertiary alicyclic amines) is 2. The van der Waals surface area contributed by atoms with Crippen molar-refractivity contribution in [3.63, 3.8) is 0 Å². The van der Waals surface area contributed by atoms with Crippen molar-refractivity contribution in [3.8, 4) is 0 Å². The van der Waals surface area contributed by atoms with Crippen LogP contribution in [0.25, 0.3) is 0 Å². The fourth-order valence-corrected chi connectivity index (χ4v) is 6.33. The normalized spacial score (nSPS) is 21.8. The minimum Gasteiger partial charge on any atom is -0.444 e. The van der Waals surface area contributed by atoms with Gasteiger partial charge in [-0.15, -0.1) is 0 Å². The van der Waals surface area contributed by atoms with Gasteiger partial charge in [0.2, 0.25) is 0 Å². The summed E-state index contributed by atoms with van der Waals surface area (Å²) in [5, 5.41) is 6.17. The topological polar surface area (TPSA) is 175 Å². The predicted octanol–water partition coefficient (Wildman–Crippen LogP) is 5.20. The van der Waals surface area contributed by atoms with E-state index in [2.05, 4.69) is 30.6 Å². The average molecular weight is 777 g/mol. The second-order valence-corrected chi connectivity index (χ2v) is 14.5. The number of imidazole rings is 2. The molecule has 0 aromatic carbocycles. The second kappa shape index (κ2) is 18.7. The Kier molecular flexibility index (Phi) is 16.9. The van der Waals surface area contributed by atoms with E-state index in [1.54, 1.807) is 9.80 Å². The van der Waals surface area contributed by atoms with Gasteiger partial charge in [0.1, 0.15) is 34.2 Å². The van der Waals surface area contributed by atoms with Gasteiger partial charge in [-0.2, -0.15) is 54.0 Å². The van der Waals surface area contributed by atoms with Gasteiger partial charge in [-0.05, 0) is 92.9 Å². The molecule has 14 nitrogen and oxygen atoms in total. The fourth-order valence-electron chi connectivity index (χ4n) is 6.33. The van der Waals surface area contributed by atoms with E-state index in [0.29, 0.717) is 61.8 Å². The zero-order valence-corrected chi connectivity index (χ0v) is 33.8. The van der Waals surface area contributed by atoms with E-state index >= 15 is 0 Å². The van der Waals surface area contributed by atoms with E-state index in [0.717, 1.165) is 25.7 Å². The number of rotatable bonds is 6. The summed E-state index contributed by atoms with van der Waals surface area (Å²) in [6.07, 6.45) is 8.28. The Hall–Kier alpha value is -2.70. The number of hydrogen-bond acceptors (Lipinski definition) is 8. The van der Waals surface area contributed by atoms with Gasteiger partial charge in [0, 0.05) is 25.2 Å². The molecule has 4 heterocycles. The van der Waals surface area contributed by atoms with Crippen LogP contribution in [0.1, 0.15) is 138 Å². The lowest BCUT2D eigenvalue weighted by molar-refractivity contribution is 0.0208. The van der Waals surface area contributed by atoms with Gasteiger partial charge in [0.25, 0.3) is 11.8 Å². The highest BCUT2D eigenvalue weighted by Gasteiger charge is 2.37. The summed E-state index contributed by atoms with van der Waals surface area (Å²) in [5.41, 5.74) is -0.483. The van der Waals surface area contributed by atoms with Crippen LogP contribution in [-0.4, -0.2) is 90.1 Å². The molecule has 3 aliphatic rings. The maximum atomic E-state index is 13.0. The third-order valence-electron chi connectivity index (χ3n) is 8.47. The maximum absolute atomic E-state index is 13.0. The maximum Gasteiger partial charge on any atom is 0.410 e. The van der Waals surface area contributed by atoms with Crippen molar-refractivity contribution in [1.82, 2.24) is 40.4 Å². The zero-order valence-electron chi connectivity index (χ0n) is 29.8. The SMILES string of the molecule is CC(C)(C)OC(=O)N1CCC[C@H]1c1ncc(C(=O)NC2CCC(NC(=O)c3cnc([C@@H]4CCCN4C(=O)OC(C)(C)C)[nH]3)CC2)[nH]1.S.S.S.S. The molecule has 0 bridgehead atoms. The highest BCUT2D eigenvalue weighted by atomic mass is 32.1. The third kappa shape index (κ3) is 11.7. The number of hydrogen-bond donors (Lipinski definition) is 4. The van der Waals surface area contributed by atoms with Crippen LogP contribution in [0, 0.1) is 0 Å². The summed E-state index contributed by atoms with van der Waals surface area (Å²) in [6.45, 7) is 12.2. The standard InChI is InChI=1S/C32H48N8O6.4H2S/c1-31(2,3)45-29(43)39-15-7-9-23(39)25-33-17-21(37-25)27(41)35-19-11-13-20(14-12-19)36-28(42)22-18-34-26(38-22)24-10-8-16-40(24)30(44)46-32(4,5)6;;;;/h17-20,23-24H,7-16H2,1-6H3,(H,33,37)(H,34,38)(H,35,41)(H,36,42);4*1H2/t19?,20?,23-,24-;;;;/m0..../s1. The van der Waals surface area contributed by atoms with Crippen LogP contribution in [0.5, 0.6) is 0 Å². The van der Waals surface area contributed by atoms with Gasteiger partial charge in [0.05, 0.1) is 24.5 Å². The minimum absolute atomic E-state index is 0. The number of carbonyl (C=O) groups excluding carboxylic acids is 4. The molecule has 2 atom stereocenters. The molecular formula is C32H56N8O6S4. The molecule has 50 heavy (non-hydrogen) atoms. The van der Waals surface area contributed by atoms with E-state index in [1.807, 2.05) is 41.5 Å². The molecule has 0 radical (unpaired) electrons. The third-order valence-corrected chi connectivity index (χ3v) is 8.47. The summed E-state index contributed by atoms with van der Waals surface area (Å²) in [5.74, 6) is 0.663. The molecule has 2 saturated heterocycles. The summed E-state index contributed by atoms with van der Waals surface area (Å²) >= 11 is 0. The Morgan fingerprint density at radius 3 is 1.30 bits per heavy atom. The van der Waals surface area contributed by atoms with E-state index in [4.69, 9.17) is 9.47 Å². The smallest absolute Gasteiger partial charge is 0.410 e. The van der Waals surface area contributed by atoms with Crippen LogP contribution in [0.4, 0.5) is 9.59 Å². The average Bonchev–Trinajstić information content (AvgIpc) is 3.77. The van der Waals surface area contributed by atoms with Crippen LogP contribution in [0.2, 0.25) is 0 Å². The lowest BCUT2D eigenvalue weighted by Crippen LogP contribution is -2.44. The molecule has 0 unspecified atom stereocenters. The molecular weight excluding hydrogens is 721 g/mol. The first-order valence-corrected chi connectivity index (χ1v) is 16.4. The van der Waals surface area contributed by atoms with Crippen molar-refractivity contribution < 1.29 is 28.7 Å². The zero-order chi connectivity index (χ0) is 33.2. The number of carbonyl (C=O) groups is 4. The second-order valence-electron chi connectivity index (χ2n) is 14.5. The lowest BCUT2D eigenvalue weighted by atomic mass is 9.91. The molecule has 284 valence electrons. The highest BCUT2D eigenvalue weighted by Crippen LogP contribution is 2.33. The molecule has 2 aromatic rings. The monoisotopic (exact) mass is 776 g/mol. The van der Waals surface area contributed by atoms with Gasteiger partial charge in [-0.25, -0.2) is 19.6 Å². The van der Waals surface area contributed by atoms with Crippen LogP contribution in [-0.2, 0) is 9.47 Å². The predicted molar refractivity (Wildman–Crippen MR) is 210 cm³/mol. The Labute approximate surface area is 322 Å². The molecule has 5 rings (SSSR count). The number of nitrogens with zero attached hydrogens (tertiary/aromatic N) is 4. The summed E-state index contributed by atoms with van der Waals surface area (Å²) in [4.78, 5) is 69.8. The van der Waals surface area contributed by atoms with E-state index in [-0.39, 0.29) is 102 Å². The summed E-state index contributed by atoms with van der Waals surface area (Å²) in [7, 11) is 0. The van der Waals surface area contributed by atoms with Crippen LogP contribution in [0.15, 0.2) is 12.4 Å². The van der Waals surface area contributed by atoms with Gasteiger partial charge in [0.15, 0.2) is 0 Å². The number of nitrogens with one attached hydrogen (secondary N) is 4. The molecule has 2 aliphatic heterocycles. The Bertz CT molecular complexity index is 1330. The molecule has 0 spiro atoms. The van der Waals surface area contributed by atoms with Crippen molar-refractivity contribution in [1.29, 1.82) is 0 Å². The molecule has 1 aliphatic carbocycles. The summed E-state index contributed by atoms with van der Waals surface area (Å²) in [6, 6.07) is -0.582. The Balaban J connectivity index is 0.00000312. The van der Waals surface area contributed by atoms with E-state index in [1.165, 1.54) is 12.4 Å². The lowest BCUT2D eigenvalue weighted by Gasteiger charge is -2.29. The molecule has 3 fully saturated rings. The van der Waals surface area contributed by atoms with Gasteiger partial charge in [-0.1, -0.05) is 0 Å². The first kappa shape index (κ1) is 45.3. The Morgan fingerprint density at radius 2 is 0.980 bits per heavy atom. The molecule has 4 N–H and O–H groups in total. The largest absolute Gasteiger partial charge is 0.444 e. The van der Waals surface area contributed by atoms with E-state index < -0.39 is 11.2 Å². The fraction of sp³-hybridized carbons (Fsp3) is 0.688. The molecule has 2 aromatic heterocycles. The number of amides is 4. The quantitative estimate of drug-likeness (QED) is 0.310. The summed E-state index contributed by atoms with van der Waals surface area (Å²) < 4.78 is 11.1. The van der Waals surface area contributed by atoms with E-state index in [9.17, 15) is 19.2 Å². The number of aromatic amines is 2. The molecule has 4 amide bonds. The number of ether oxygens (including phenoxy) is 2. The van der Waals surface area contributed by atoms with Crippen molar-refractivity contribution in [3.05, 3.63) is 35.4 Å². The molecule has 18 heteroatoms. The van der Waals surface area contributed by atoms with Crippen molar-refractivity contribution in [2.75, 3.05) is 13.1 Å². The Morgan fingerprint density at radius 1 is 0.640 bits per heavy atom. The van der Waals surface area contributed by atoms with Gasteiger partial charge < -0.3 is 30.1 Å². The van der Waals surface area contributed by atoms with Crippen molar-refractivity contribution in [2.45, 2.75) is 128 Å². The van der Waals surface area contributed by atoms with Gasteiger partial charge >= 0.3 is 12.2 Å². The van der Waals surface area contributed by atoms with Gasteiger partial charge in [-0.3, -0.25) is 19.4 Å². The number of aromatic nitrogens is 4. The first-order chi connectivity index (χ1) is 21.7. The number of H-pyrrole nitrogens is 2. The van der Waals surface area contributed by atoms with Crippen molar-refractivity contribution in [2.24, 2.45) is 0 Å². The van der Waals surface area contributed by atoms with Crippen LogP contribution >= 0.6 is 54.0 Å². The molecule has 1 saturated carbocycles.